The zero-order chi connectivity index (χ0) is 29.0. The van der Waals surface area contributed by atoms with Crippen LogP contribution in [0.3, 0.4) is 0 Å². The topological polar surface area (TPSA) is 88.8 Å². The number of hydrogen-bond donors (Lipinski definition) is 0. The van der Waals surface area contributed by atoms with Crippen LogP contribution < -0.4 is 14.5 Å². The van der Waals surface area contributed by atoms with Crippen molar-refractivity contribution < 1.29 is 13.9 Å². The Kier molecular flexibility index (Phi) is 7.01. The molecule has 0 N–H and O–H groups in total. The summed E-state index contributed by atoms with van der Waals surface area (Å²) in [6.45, 7) is 7.50. The summed E-state index contributed by atoms with van der Waals surface area (Å²) in [6.07, 6.45) is 5.66. The summed E-state index contributed by atoms with van der Waals surface area (Å²) in [4.78, 5) is 30.8. The monoisotopic (exact) mass is 571 g/mol. The zero-order valence-corrected chi connectivity index (χ0v) is 24.3. The Morgan fingerprint density at radius 1 is 1.19 bits per heavy atom. The lowest BCUT2D eigenvalue weighted by atomic mass is 9.99. The molecule has 1 aromatic carbocycles. The van der Waals surface area contributed by atoms with Crippen molar-refractivity contribution in [3.63, 3.8) is 0 Å². The molecule has 0 radical (unpaired) electrons. The molecule has 1 aromatic heterocycles. The van der Waals surface area contributed by atoms with Crippen LogP contribution in [-0.2, 0) is 24.2 Å². The Labute approximate surface area is 246 Å². The lowest BCUT2D eigenvalue weighted by Crippen LogP contribution is -2.55. The van der Waals surface area contributed by atoms with E-state index in [0.717, 1.165) is 55.3 Å². The Morgan fingerprint density at radius 2 is 2.07 bits per heavy atom. The molecule has 4 atom stereocenters. The van der Waals surface area contributed by atoms with Gasteiger partial charge in [0.2, 0.25) is 0 Å². The lowest BCUT2D eigenvalue weighted by molar-refractivity contribution is -0.131. The number of nitrogens with zero attached hydrogens (tertiary/aromatic N) is 7. The minimum Gasteiger partial charge on any atom is -0.462 e. The number of piperazine rings is 1. The predicted molar refractivity (Wildman–Crippen MR) is 157 cm³/mol. The lowest BCUT2D eigenvalue weighted by Gasteiger charge is -2.42. The second kappa shape index (κ2) is 10.8. The van der Waals surface area contributed by atoms with Crippen LogP contribution in [0.15, 0.2) is 30.6 Å². The fourth-order valence-corrected chi connectivity index (χ4v) is 7.62. The van der Waals surface area contributed by atoms with E-state index in [4.69, 9.17) is 14.7 Å². The van der Waals surface area contributed by atoms with Crippen LogP contribution in [0.4, 0.5) is 15.9 Å². The number of ether oxygens (including phenoxy) is 1. The van der Waals surface area contributed by atoms with Crippen molar-refractivity contribution in [1.29, 1.82) is 5.26 Å². The minimum atomic E-state index is -0.997. The van der Waals surface area contributed by atoms with Crippen molar-refractivity contribution >= 4 is 17.4 Å². The van der Waals surface area contributed by atoms with Gasteiger partial charge >= 0.3 is 6.01 Å². The average molecular weight is 572 g/mol. The number of nitriles is 1. The summed E-state index contributed by atoms with van der Waals surface area (Å²) >= 11 is 0. The normalized spacial score (nSPS) is 26.4. The highest BCUT2D eigenvalue weighted by atomic mass is 19.1. The summed E-state index contributed by atoms with van der Waals surface area (Å²) in [6, 6.07) is 9.17. The van der Waals surface area contributed by atoms with Crippen LogP contribution in [0.5, 0.6) is 6.01 Å². The molecule has 2 aliphatic carbocycles. The first-order valence-corrected chi connectivity index (χ1v) is 15.3. The fourth-order valence-electron chi connectivity index (χ4n) is 7.62. The smallest absolute Gasteiger partial charge is 0.318 e. The summed E-state index contributed by atoms with van der Waals surface area (Å²) in [5.41, 5.74) is 6.44. The number of likely N-dealkylation sites (tertiary alicyclic amines) is 1. The first kappa shape index (κ1) is 27.1. The standard InChI is InChI=1S/C32H38FN7O2/c1-20(33)31(41)40-14-13-39(17-23(40)8-10-34)30-25-9-12-38(28-7-3-5-21-15-22-16-26(22)29(21)28)18-27(25)35-32(36-30)42-19-24-6-4-11-37(24)2/h3,5,7,22-24,26H,1,4,6,8-9,11-19H2,2H3/t22-,23+,24+,26+/m1/s1. The van der Waals surface area contributed by atoms with Crippen LogP contribution in [0.1, 0.15) is 54.0 Å². The van der Waals surface area contributed by atoms with E-state index in [1.807, 2.05) is 0 Å². The molecule has 10 heteroatoms. The van der Waals surface area contributed by atoms with E-state index in [2.05, 4.69) is 52.6 Å². The third-order valence-corrected chi connectivity index (χ3v) is 9.99. The van der Waals surface area contributed by atoms with Gasteiger partial charge in [-0.15, -0.1) is 0 Å². The molecule has 1 saturated carbocycles. The highest BCUT2D eigenvalue weighted by molar-refractivity contribution is 5.91. The first-order valence-electron chi connectivity index (χ1n) is 15.3. The van der Waals surface area contributed by atoms with Crippen LogP contribution in [0.2, 0.25) is 0 Å². The van der Waals surface area contributed by atoms with Gasteiger partial charge in [-0.25, -0.2) is 4.39 Å². The highest BCUT2D eigenvalue weighted by Crippen LogP contribution is 2.59. The van der Waals surface area contributed by atoms with Crippen LogP contribution in [-0.4, -0.2) is 84.1 Å². The summed E-state index contributed by atoms with van der Waals surface area (Å²) in [5, 5.41) is 9.49. The number of anilines is 2. The molecule has 0 unspecified atom stereocenters. The second-order valence-electron chi connectivity index (χ2n) is 12.5. The Morgan fingerprint density at radius 3 is 2.86 bits per heavy atom. The number of benzene rings is 1. The average Bonchev–Trinajstić information content (AvgIpc) is 3.47. The fraction of sp³-hybridized carbons (Fsp3) is 0.562. The molecule has 3 aliphatic heterocycles. The third-order valence-electron chi connectivity index (χ3n) is 9.99. The van der Waals surface area contributed by atoms with Crippen LogP contribution in [0, 0.1) is 17.2 Å². The molecule has 7 rings (SSSR count). The number of aromatic nitrogens is 2. The molecule has 9 nitrogen and oxygen atoms in total. The maximum atomic E-state index is 13.8. The molecule has 220 valence electrons. The summed E-state index contributed by atoms with van der Waals surface area (Å²) in [5.74, 6) is 0.598. The van der Waals surface area contributed by atoms with E-state index in [0.29, 0.717) is 50.8 Å². The number of carbonyl (C=O) groups excluding carboxylic acids is 1. The Balaban J connectivity index is 1.19. The van der Waals surface area contributed by atoms with Crippen molar-refractivity contribution in [2.45, 2.75) is 63.1 Å². The molecule has 5 aliphatic rings. The maximum Gasteiger partial charge on any atom is 0.318 e. The highest BCUT2D eigenvalue weighted by Gasteiger charge is 2.47. The number of hydrogen-bond acceptors (Lipinski definition) is 8. The van der Waals surface area contributed by atoms with E-state index in [-0.39, 0.29) is 6.42 Å². The van der Waals surface area contributed by atoms with E-state index >= 15 is 0 Å². The first-order chi connectivity index (χ1) is 20.4. The quantitative estimate of drug-likeness (QED) is 0.466. The number of rotatable bonds is 7. The number of likely N-dealkylation sites (N-methyl/N-ethyl adjacent to an activating group) is 1. The van der Waals surface area contributed by atoms with Gasteiger partial charge in [-0.1, -0.05) is 18.7 Å². The molecule has 0 bridgehead atoms. The van der Waals surface area contributed by atoms with Gasteiger partial charge in [-0.2, -0.15) is 15.2 Å². The number of fused-ring (bicyclic) bond motifs is 4. The van der Waals surface area contributed by atoms with E-state index in [1.54, 1.807) is 0 Å². The predicted octanol–water partition coefficient (Wildman–Crippen LogP) is 3.59. The van der Waals surface area contributed by atoms with Gasteiger partial charge in [0.25, 0.3) is 5.91 Å². The molecule has 0 spiro atoms. The zero-order valence-electron chi connectivity index (χ0n) is 24.3. The van der Waals surface area contributed by atoms with Crippen molar-refractivity contribution in [2.24, 2.45) is 5.92 Å². The summed E-state index contributed by atoms with van der Waals surface area (Å²) < 4.78 is 20.1. The number of amides is 1. The van der Waals surface area contributed by atoms with Crippen molar-refractivity contribution in [3.05, 3.63) is 53.0 Å². The van der Waals surface area contributed by atoms with Crippen molar-refractivity contribution in [2.75, 3.05) is 56.2 Å². The van der Waals surface area contributed by atoms with Gasteiger partial charge in [-0.3, -0.25) is 4.79 Å². The van der Waals surface area contributed by atoms with E-state index < -0.39 is 17.8 Å². The largest absolute Gasteiger partial charge is 0.462 e. The molecule has 2 aromatic rings. The molecule has 3 fully saturated rings. The minimum absolute atomic E-state index is 0.106. The summed E-state index contributed by atoms with van der Waals surface area (Å²) in [7, 11) is 2.13. The van der Waals surface area contributed by atoms with Gasteiger partial charge in [-0.05, 0) is 74.7 Å². The Bertz CT molecular complexity index is 1460. The van der Waals surface area contributed by atoms with Crippen LogP contribution >= 0.6 is 0 Å². The van der Waals surface area contributed by atoms with Gasteiger partial charge in [0.15, 0.2) is 5.83 Å². The second-order valence-corrected chi connectivity index (χ2v) is 12.5. The maximum absolute atomic E-state index is 13.8. The molecular formula is C32H38FN7O2. The molecule has 42 heavy (non-hydrogen) atoms. The van der Waals surface area contributed by atoms with E-state index in [1.165, 1.54) is 34.6 Å². The number of carbonyl (C=O) groups is 1. The van der Waals surface area contributed by atoms with E-state index in [9.17, 15) is 14.4 Å². The molecular weight excluding hydrogens is 533 g/mol. The number of halogens is 1. The third kappa shape index (κ3) is 4.87. The molecule has 2 saturated heterocycles. The molecule has 4 heterocycles. The van der Waals surface area contributed by atoms with Crippen molar-refractivity contribution in [1.82, 2.24) is 19.8 Å². The SMILES string of the molecule is C=C(F)C(=O)N1CCN(c2nc(OC[C@@H]3CCCN3C)nc3c2CCN(c2cccc4c2[C@H]2C[C@H]2C4)C3)C[C@@H]1CC#N. The molecule has 1 amide bonds. The van der Waals surface area contributed by atoms with Gasteiger partial charge in [0.1, 0.15) is 12.4 Å². The van der Waals surface area contributed by atoms with Gasteiger partial charge in [0, 0.05) is 43.5 Å². The Hall–Kier alpha value is -3.71. The van der Waals surface area contributed by atoms with Crippen LogP contribution in [0.25, 0.3) is 0 Å². The van der Waals surface area contributed by atoms with Crippen molar-refractivity contribution in [3.8, 4) is 12.1 Å². The van der Waals surface area contributed by atoms with Gasteiger partial charge < -0.3 is 24.3 Å². The van der Waals surface area contributed by atoms with Gasteiger partial charge in [0.05, 0.1) is 30.8 Å².